The number of anilines is 2. The molecule has 7 heteroatoms. The molecule has 0 fully saturated rings. The first-order valence-corrected chi connectivity index (χ1v) is 9.53. The molecule has 2 N–H and O–H groups in total. The smallest absolute Gasteiger partial charge is 0.328 e. The maximum absolute atomic E-state index is 13.3. The Kier molecular flexibility index (Phi) is 6.16. The molecule has 0 aliphatic carbocycles. The van der Waals surface area contributed by atoms with Crippen LogP contribution in [-0.4, -0.2) is 37.1 Å². The summed E-state index contributed by atoms with van der Waals surface area (Å²) in [5.41, 5.74) is 2.04. The molecular weight excluding hydrogens is 370 g/mol. The van der Waals surface area contributed by atoms with Crippen LogP contribution in [0.25, 0.3) is 0 Å². The number of methoxy groups -OCH3 is 1. The van der Waals surface area contributed by atoms with Gasteiger partial charge in [-0.05, 0) is 23.6 Å². The molecule has 7 nitrogen and oxygen atoms in total. The van der Waals surface area contributed by atoms with Gasteiger partial charge in [0.25, 0.3) is 0 Å². The van der Waals surface area contributed by atoms with Crippen LogP contribution in [0.1, 0.15) is 19.4 Å². The summed E-state index contributed by atoms with van der Waals surface area (Å²) in [6.07, 6.45) is 0.285. The van der Waals surface area contributed by atoms with Crippen LogP contribution in [0.15, 0.2) is 54.6 Å². The van der Waals surface area contributed by atoms with E-state index in [2.05, 4.69) is 10.6 Å². The number of benzene rings is 2. The number of esters is 1. The number of urea groups is 1. The van der Waals surface area contributed by atoms with Crippen LogP contribution in [0.2, 0.25) is 0 Å². The summed E-state index contributed by atoms with van der Waals surface area (Å²) < 4.78 is 4.89. The lowest BCUT2D eigenvalue weighted by Crippen LogP contribution is -2.59. The molecule has 3 rings (SSSR count). The lowest BCUT2D eigenvalue weighted by Gasteiger charge is -2.38. The predicted molar refractivity (Wildman–Crippen MR) is 111 cm³/mol. The second kappa shape index (κ2) is 8.77. The zero-order valence-corrected chi connectivity index (χ0v) is 16.7. The van der Waals surface area contributed by atoms with Gasteiger partial charge in [0.2, 0.25) is 5.91 Å². The number of amides is 3. The molecule has 0 spiro atoms. The Hall–Kier alpha value is -3.35. The summed E-state index contributed by atoms with van der Waals surface area (Å²) in [4.78, 5) is 39.7. The fraction of sp³-hybridized carbons (Fsp3) is 0.318. The molecule has 0 unspecified atom stereocenters. The zero-order valence-electron chi connectivity index (χ0n) is 16.7. The van der Waals surface area contributed by atoms with Gasteiger partial charge in [0.05, 0.1) is 18.5 Å². The predicted octanol–water partition coefficient (Wildman–Crippen LogP) is 2.96. The van der Waals surface area contributed by atoms with E-state index in [0.717, 1.165) is 5.56 Å². The quantitative estimate of drug-likeness (QED) is 0.762. The molecule has 0 radical (unpaired) electrons. The van der Waals surface area contributed by atoms with Crippen LogP contribution < -0.4 is 15.5 Å². The van der Waals surface area contributed by atoms with Gasteiger partial charge in [0.1, 0.15) is 12.1 Å². The molecule has 1 aliphatic rings. The summed E-state index contributed by atoms with van der Waals surface area (Å²) in [6, 6.07) is 14.4. The monoisotopic (exact) mass is 395 g/mol. The Labute approximate surface area is 170 Å². The standard InChI is InChI=1S/C22H25N3O4/c1-14(2)19-20(26)23-16-11-7-8-12-18(16)25(19)22(28)24-17(21(27)29-3)13-15-9-5-4-6-10-15/h4-12,14,17,19H,13H2,1-3H3,(H,23,26)(H,24,28)/t17-,19+/m0/s1. The highest BCUT2D eigenvalue weighted by Gasteiger charge is 2.39. The van der Waals surface area contributed by atoms with Gasteiger partial charge in [0, 0.05) is 6.42 Å². The lowest BCUT2D eigenvalue weighted by atomic mass is 9.98. The third-order valence-electron chi connectivity index (χ3n) is 4.88. The highest BCUT2D eigenvalue weighted by atomic mass is 16.5. The Balaban J connectivity index is 1.91. The highest BCUT2D eigenvalue weighted by molar-refractivity contribution is 6.12. The van der Waals surface area contributed by atoms with Crippen molar-refractivity contribution in [3.8, 4) is 0 Å². The van der Waals surface area contributed by atoms with Crippen molar-refractivity contribution in [2.24, 2.45) is 5.92 Å². The third kappa shape index (κ3) is 4.39. The molecule has 0 saturated heterocycles. The number of nitrogens with zero attached hydrogens (tertiary/aromatic N) is 1. The fourth-order valence-electron chi connectivity index (χ4n) is 3.50. The van der Waals surface area contributed by atoms with Gasteiger partial charge in [-0.2, -0.15) is 0 Å². The van der Waals surface area contributed by atoms with Crippen molar-refractivity contribution in [3.05, 3.63) is 60.2 Å². The van der Waals surface area contributed by atoms with Crippen LogP contribution in [0.4, 0.5) is 16.2 Å². The number of ether oxygens (including phenoxy) is 1. The summed E-state index contributed by atoms with van der Waals surface area (Å²) in [7, 11) is 1.28. The maximum atomic E-state index is 13.3. The van der Waals surface area contributed by atoms with Gasteiger partial charge in [-0.25, -0.2) is 9.59 Å². The normalized spacial score (nSPS) is 16.6. The van der Waals surface area contributed by atoms with E-state index in [4.69, 9.17) is 4.74 Å². The second-order valence-corrected chi connectivity index (χ2v) is 7.28. The van der Waals surface area contributed by atoms with E-state index in [0.29, 0.717) is 11.4 Å². The highest BCUT2D eigenvalue weighted by Crippen LogP contribution is 2.34. The fourth-order valence-corrected chi connectivity index (χ4v) is 3.50. The van der Waals surface area contributed by atoms with Crippen molar-refractivity contribution in [2.75, 3.05) is 17.3 Å². The molecule has 0 aromatic heterocycles. The van der Waals surface area contributed by atoms with Crippen molar-refractivity contribution in [1.29, 1.82) is 0 Å². The number of carbonyl (C=O) groups excluding carboxylic acids is 3. The van der Waals surface area contributed by atoms with Crippen molar-refractivity contribution < 1.29 is 19.1 Å². The molecule has 0 bridgehead atoms. The Bertz CT molecular complexity index is 898. The van der Waals surface area contributed by atoms with E-state index in [-0.39, 0.29) is 18.2 Å². The Morgan fingerprint density at radius 3 is 2.41 bits per heavy atom. The van der Waals surface area contributed by atoms with Crippen LogP contribution in [0.3, 0.4) is 0 Å². The van der Waals surface area contributed by atoms with Gasteiger partial charge in [-0.3, -0.25) is 9.69 Å². The summed E-state index contributed by atoms with van der Waals surface area (Å²) >= 11 is 0. The van der Waals surface area contributed by atoms with E-state index >= 15 is 0 Å². The lowest BCUT2D eigenvalue weighted by molar-refractivity contribution is -0.142. The van der Waals surface area contributed by atoms with Gasteiger partial charge in [0.15, 0.2) is 0 Å². The first-order chi connectivity index (χ1) is 13.9. The Morgan fingerprint density at radius 1 is 1.10 bits per heavy atom. The van der Waals surface area contributed by atoms with Crippen LogP contribution in [0.5, 0.6) is 0 Å². The number of fused-ring (bicyclic) bond motifs is 1. The molecule has 0 saturated carbocycles. The Morgan fingerprint density at radius 2 is 1.76 bits per heavy atom. The number of carbonyl (C=O) groups is 3. The van der Waals surface area contributed by atoms with Gasteiger partial charge < -0.3 is 15.4 Å². The molecule has 2 aromatic carbocycles. The van der Waals surface area contributed by atoms with Crippen LogP contribution in [-0.2, 0) is 20.7 Å². The second-order valence-electron chi connectivity index (χ2n) is 7.28. The van der Waals surface area contributed by atoms with Gasteiger partial charge >= 0.3 is 12.0 Å². The maximum Gasteiger partial charge on any atom is 0.328 e. The number of hydrogen-bond acceptors (Lipinski definition) is 4. The van der Waals surface area contributed by atoms with Crippen molar-refractivity contribution in [2.45, 2.75) is 32.4 Å². The minimum atomic E-state index is -0.875. The molecule has 1 aliphatic heterocycles. The van der Waals surface area contributed by atoms with E-state index in [9.17, 15) is 14.4 Å². The average molecular weight is 395 g/mol. The first-order valence-electron chi connectivity index (χ1n) is 9.53. The summed E-state index contributed by atoms with van der Waals surface area (Å²) in [5, 5.41) is 5.62. The van der Waals surface area contributed by atoms with E-state index in [1.54, 1.807) is 24.3 Å². The summed E-state index contributed by atoms with van der Waals surface area (Å²) in [6.45, 7) is 3.75. The minimum absolute atomic E-state index is 0.125. The molecule has 2 aromatic rings. The third-order valence-corrected chi connectivity index (χ3v) is 4.88. The molecular formula is C22H25N3O4. The molecule has 152 valence electrons. The average Bonchev–Trinajstić information content (AvgIpc) is 2.72. The van der Waals surface area contributed by atoms with E-state index in [1.807, 2.05) is 44.2 Å². The first kappa shape index (κ1) is 20.4. The van der Waals surface area contributed by atoms with Crippen molar-refractivity contribution in [1.82, 2.24) is 5.32 Å². The SMILES string of the molecule is COC(=O)[C@H](Cc1ccccc1)NC(=O)N1c2ccccc2NC(=O)[C@H]1C(C)C. The van der Waals surface area contributed by atoms with Crippen molar-refractivity contribution in [3.63, 3.8) is 0 Å². The zero-order chi connectivity index (χ0) is 21.0. The van der Waals surface area contributed by atoms with Gasteiger partial charge in [-0.1, -0.05) is 56.3 Å². The van der Waals surface area contributed by atoms with Crippen LogP contribution >= 0.6 is 0 Å². The summed E-state index contributed by atoms with van der Waals surface area (Å²) in [5.74, 6) is -0.927. The number of rotatable bonds is 5. The van der Waals surface area contributed by atoms with E-state index < -0.39 is 24.1 Å². The minimum Gasteiger partial charge on any atom is -0.467 e. The van der Waals surface area contributed by atoms with Gasteiger partial charge in [-0.15, -0.1) is 0 Å². The molecule has 1 heterocycles. The molecule has 2 atom stereocenters. The molecule has 3 amide bonds. The molecule has 29 heavy (non-hydrogen) atoms. The topological polar surface area (TPSA) is 87.7 Å². The van der Waals surface area contributed by atoms with E-state index in [1.165, 1.54) is 12.0 Å². The number of hydrogen-bond donors (Lipinski definition) is 2. The van der Waals surface area contributed by atoms with Crippen molar-refractivity contribution >= 4 is 29.3 Å². The number of nitrogens with one attached hydrogen (secondary N) is 2. The largest absolute Gasteiger partial charge is 0.467 e. The van der Waals surface area contributed by atoms with Crippen LogP contribution in [0, 0.1) is 5.92 Å². The number of para-hydroxylation sites is 2.